The Hall–Kier alpha value is -2.70. The number of urea groups is 1. The van der Waals surface area contributed by atoms with Crippen molar-refractivity contribution < 1.29 is 14.3 Å². The van der Waals surface area contributed by atoms with Gasteiger partial charge in [0.1, 0.15) is 6.54 Å². The first-order chi connectivity index (χ1) is 14.5. The standard InChI is InChI=1S/C21H30N6O3/c1-15-11-17(12-20(24-15)30-14-16-5-6-16)18(7-8-22)26-23-9-3-2-4-10-27-13-19(28)25-21(27)29/h11-12,16,18,23,26H,2-7,9-10,13-14H2,1H3,(H,25,28,29). The number of unbranched alkanes of at least 4 members (excludes halogenated alkanes) is 2. The van der Waals surface area contributed by atoms with Gasteiger partial charge in [-0.3, -0.25) is 15.5 Å². The number of carbonyl (C=O) groups excluding carboxylic acids is 2. The topological polar surface area (TPSA) is 119 Å². The van der Waals surface area contributed by atoms with Crippen LogP contribution in [0.25, 0.3) is 0 Å². The zero-order valence-corrected chi connectivity index (χ0v) is 17.4. The van der Waals surface area contributed by atoms with Gasteiger partial charge in [-0.25, -0.2) is 15.2 Å². The zero-order valence-electron chi connectivity index (χ0n) is 17.4. The van der Waals surface area contributed by atoms with E-state index in [4.69, 9.17) is 4.74 Å². The Bertz CT molecular complexity index is 789. The summed E-state index contributed by atoms with van der Waals surface area (Å²) in [6, 6.07) is 5.67. The third-order valence-electron chi connectivity index (χ3n) is 5.19. The zero-order chi connectivity index (χ0) is 21.3. The Morgan fingerprint density at radius 3 is 2.87 bits per heavy atom. The predicted molar refractivity (Wildman–Crippen MR) is 110 cm³/mol. The molecule has 1 aliphatic heterocycles. The minimum atomic E-state index is -0.299. The van der Waals surface area contributed by atoms with Gasteiger partial charge in [-0.15, -0.1) is 0 Å². The summed E-state index contributed by atoms with van der Waals surface area (Å²) in [6.45, 7) is 4.12. The minimum absolute atomic E-state index is 0.153. The number of carbonyl (C=O) groups is 2. The van der Waals surface area contributed by atoms with E-state index in [-0.39, 0.29) is 24.5 Å². The number of nitrogens with zero attached hydrogens (tertiary/aromatic N) is 3. The van der Waals surface area contributed by atoms with Crippen molar-refractivity contribution in [2.75, 3.05) is 26.2 Å². The summed E-state index contributed by atoms with van der Waals surface area (Å²) in [7, 11) is 0. The second kappa shape index (κ2) is 10.9. The number of amides is 3. The molecule has 1 aliphatic carbocycles. The van der Waals surface area contributed by atoms with E-state index in [1.54, 1.807) is 0 Å². The van der Waals surface area contributed by atoms with Crippen LogP contribution in [-0.2, 0) is 4.79 Å². The van der Waals surface area contributed by atoms with Gasteiger partial charge < -0.3 is 9.64 Å². The second-order valence-corrected chi connectivity index (χ2v) is 7.96. The van der Waals surface area contributed by atoms with Crippen LogP contribution in [0.1, 0.15) is 55.8 Å². The molecule has 2 heterocycles. The van der Waals surface area contributed by atoms with Crippen molar-refractivity contribution in [3.63, 3.8) is 0 Å². The quantitative estimate of drug-likeness (QED) is 0.256. The van der Waals surface area contributed by atoms with Gasteiger partial charge in [0, 0.05) is 24.8 Å². The van der Waals surface area contributed by atoms with E-state index < -0.39 is 0 Å². The van der Waals surface area contributed by atoms with Gasteiger partial charge in [0.2, 0.25) is 11.8 Å². The number of rotatable bonds is 13. The first-order valence-corrected chi connectivity index (χ1v) is 10.6. The molecular weight excluding hydrogens is 384 g/mol. The fraction of sp³-hybridized carbons (Fsp3) is 0.619. The van der Waals surface area contributed by atoms with Crippen LogP contribution in [0.3, 0.4) is 0 Å². The van der Waals surface area contributed by atoms with E-state index in [0.29, 0.717) is 31.4 Å². The highest BCUT2D eigenvalue weighted by Gasteiger charge is 2.25. The SMILES string of the molecule is Cc1cc(C(CC#N)NNCCCCCN2CC(=O)NC2=O)cc(OCC2CC2)n1. The van der Waals surface area contributed by atoms with Gasteiger partial charge >= 0.3 is 6.03 Å². The van der Waals surface area contributed by atoms with E-state index in [2.05, 4.69) is 27.2 Å². The molecule has 1 unspecified atom stereocenters. The number of hydrogen-bond donors (Lipinski definition) is 3. The average Bonchev–Trinajstić information content (AvgIpc) is 3.48. The van der Waals surface area contributed by atoms with Crippen molar-refractivity contribution in [1.82, 2.24) is 26.1 Å². The molecule has 0 radical (unpaired) electrons. The van der Waals surface area contributed by atoms with Gasteiger partial charge in [-0.1, -0.05) is 6.42 Å². The van der Waals surface area contributed by atoms with Crippen molar-refractivity contribution in [2.45, 2.75) is 51.5 Å². The molecule has 2 aliphatic rings. The Morgan fingerprint density at radius 2 is 2.17 bits per heavy atom. The molecule has 30 heavy (non-hydrogen) atoms. The molecule has 3 N–H and O–H groups in total. The lowest BCUT2D eigenvalue weighted by atomic mass is 10.1. The second-order valence-electron chi connectivity index (χ2n) is 7.96. The number of hydrazine groups is 1. The van der Waals surface area contributed by atoms with Crippen molar-refractivity contribution in [2.24, 2.45) is 5.92 Å². The Kier molecular flexibility index (Phi) is 7.99. The fourth-order valence-electron chi connectivity index (χ4n) is 3.32. The Morgan fingerprint density at radius 1 is 1.33 bits per heavy atom. The number of pyridine rings is 1. The number of ether oxygens (including phenoxy) is 1. The molecule has 9 heteroatoms. The molecule has 2 fully saturated rings. The molecule has 3 rings (SSSR count). The molecule has 1 aromatic heterocycles. The maximum Gasteiger partial charge on any atom is 0.324 e. The van der Waals surface area contributed by atoms with E-state index in [1.165, 1.54) is 17.7 Å². The molecule has 1 atom stereocenters. The van der Waals surface area contributed by atoms with Crippen LogP contribution < -0.4 is 20.9 Å². The number of aryl methyl sites for hydroxylation is 1. The summed E-state index contributed by atoms with van der Waals surface area (Å²) < 4.78 is 5.81. The Labute approximate surface area is 177 Å². The van der Waals surface area contributed by atoms with Crippen LogP contribution in [-0.4, -0.2) is 48.1 Å². The summed E-state index contributed by atoms with van der Waals surface area (Å²) in [6.07, 6.45) is 5.48. The largest absolute Gasteiger partial charge is 0.477 e. The normalized spacial score (nSPS) is 17.0. The summed E-state index contributed by atoms with van der Waals surface area (Å²) >= 11 is 0. The molecule has 0 aromatic carbocycles. The van der Waals surface area contributed by atoms with Crippen LogP contribution >= 0.6 is 0 Å². The fourth-order valence-corrected chi connectivity index (χ4v) is 3.32. The van der Waals surface area contributed by atoms with Gasteiger partial charge in [0.25, 0.3) is 0 Å². The van der Waals surface area contributed by atoms with Crippen molar-refractivity contribution in [3.8, 4) is 11.9 Å². The molecule has 0 bridgehead atoms. The number of nitrogens with one attached hydrogen (secondary N) is 3. The summed E-state index contributed by atoms with van der Waals surface area (Å²) in [4.78, 5) is 28.6. The highest BCUT2D eigenvalue weighted by molar-refractivity contribution is 6.01. The molecule has 162 valence electrons. The summed E-state index contributed by atoms with van der Waals surface area (Å²) in [5, 5.41) is 11.5. The van der Waals surface area contributed by atoms with Gasteiger partial charge in [-0.05, 0) is 50.2 Å². The molecule has 1 aromatic rings. The third kappa shape index (κ3) is 6.97. The van der Waals surface area contributed by atoms with E-state index >= 15 is 0 Å². The molecule has 3 amide bonds. The minimum Gasteiger partial charge on any atom is -0.477 e. The third-order valence-corrected chi connectivity index (χ3v) is 5.19. The van der Waals surface area contributed by atoms with Crippen molar-refractivity contribution >= 4 is 11.9 Å². The number of aromatic nitrogens is 1. The van der Waals surface area contributed by atoms with Crippen LogP contribution in [0, 0.1) is 24.2 Å². The average molecular weight is 415 g/mol. The lowest BCUT2D eigenvalue weighted by Crippen LogP contribution is -2.36. The van der Waals surface area contributed by atoms with Crippen LogP contribution in [0.2, 0.25) is 0 Å². The number of imide groups is 1. The highest BCUT2D eigenvalue weighted by Crippen LogP contribution is 2.30. The van der Waals surface area contributed by atoms with Crippen LogP contribution in [0.4, 0.5) is 4.79 Å². The molecule has 9 nitrogen and oxygen atoms in total. The van der Waals surface area contributed by atoms with Crippen molar-refractivity contribution in [1.29, 1.82) is 5.26 Å². The lowest BCUT2D eigenvalue weighted by molar-refractivity contribution is -0.118. The van der Waals surface area contributed by atoms with Crippen molar-refractivity contribution in [3.05, 3.63) is 23.4 Å². The van der Waals surface area contributed by atoms with E-state index in [9.17, 15) is 14.9 Å². The monoisotopic (exact) mass is 414 g/mol. The van der Waals surface area contributed by atoms with Crippen LogP contribution in [0.5, 0.6) is 5.88 Å². The predicted octanol–water partition coefficient (Wildman–Crippen LogP) is 1.95. The molecular formula is C21H30N6O3. The number of nitriles is 1. The smallest absolute Gasteiger partial charge is 0.324 e. The molecule has 1 saturated carbocycles. The summed E-state index contributed by atoms with van der Waals surface area (Å²) in [5.41, 5.74) is 8.29. The van der Waals surface area contributed by atoms with Gasteiger partial charge in [0.05, 0.1) is 25.1 Å². The van der Waals surface area contributed by atoms with Gasteiger partial charge in [0.15, 0.2) is 0 Å². The molecule has 1 saturated heterocycles. The van der Waals surface area contributed by atoms with Crippen LogP contribution in [0.15, 0.2) is 12.1 Å². The summed E-state index contributed by atoms with van der Waals surface area (Å²) in [5.74, 6) is 1.04. The van der Waals surface area contributed by atoms with E-state index in [0.717, 1.165) is 37.1 Å². The maximum absolute atomic E-state index is 11.5. The maximum atomic E-state index is 11.5. The van der Waals surface area contributed by atoms with Gasteiger partial charge in [-0.2, -0.15) is 5.26 Å². The first kappa shape index (κ1) is 22.0. The number of hydrogen-bond acceptors (Lipinski definition) is 7. The first-order valence-electron chi connectivity index (χ1n) is 10.6. The molecule has 0 spiro atoms. The lowest BCUT2D eigenvalue weighted by Gasteiger charge is -2.19. The van der Waals surface area contributed by atoms with E-state index in [1.807, 2.05) is 19.1 Å². The highest BCUT2D eigenvalue weighted by atomic mass is 16.5. The Balaban J connectivity index is 1.38.